The zero-order valence-electron chi connectivity index (χ0n) is 9.07. The minimum Gasteiger partial charge on any atom is -0.339 e. The second-order valence-corrected chi connectivity index (χ2v) is 4.73. The maximum atomic E-state index is 6.28. The molecular formula is C14H14ClN. The summed E-state index contributed by atoms with van der Waals surface area (Å²) in [5.74, 6) is 0. The fourth-order valence-corrected chi connectivity index (χ4v) is 2.76. The van der Waals surface area contributed by atoms with E-state index in [0.29, 0.717) is 6.04 Å². The van der Waals surface area contributed by atoms with Gasteiger partial charge >= 0.3 is 0 Å². The predicted octanol–water partition coefficient (Wildman–Crippen LogP) is 4.58. The molecule has 1 nitrogen and oxygen atoms in total. The van der Waals surface area contributed by atoms with E-state index in [0.717, 1.165) is 5.02 Å². The summed E-state index contributed by atoms with van der Waals surface area (Å²) in [5.41, 5.74) is 1.17. The van der Waals surface area contributed by atoms with E-state index in [1.54, 1.807) is 0 Å². The number of aromatic nitrogens is 1. The molecule has 2 heteroatoms. The largest absolute Gasteiger partial charge is 0.339 e. The Bertz CT molecular complexity index is 539. The minimum atomic E-state index is 0.478. The molecule has 0 saturated heterocycles. The zero-order valence-corrected chi connectivity index (χ0v) is 9.82. The van der Waals surface area contributed by atoms with Gasteiger partial charge in [0.2, 0.25) is 0 Å². The van der Waals surface area contributed by atoms with Crippen molar-refractivity contribution in [3.8, 4) is 0 Å². The van der Waals surface area contributed by atoms with Gasteiger partial charge in [-0.05, 0) is 31.4 Å². The van der Waals surface area contributed by atoms with Crippen LogP contribution in [0.1, 0.15) is 25.3 Å². The molecular weight excluding hydrogens is 218 g/mol. The highest BCUT2D eigenvalue weighted by atomic mass is 35.5. The van der Waals surface area contributed by atoms with E-state index in [9.17, 15) is 0 Å². The third kappa shape index (κ3) is 1.56. The van der Waals surface area contributed by atoms with Gasteiger partial charge < -0.3 is 4.57 Å². The molecule has 1 unspecified atom stereocenters. The summed E-state index contributed by atoms with van der Waals surface area (Å²) in [5, 5.41) is 2.08. The monoisotopic (exact) mass is 231 g/mol. The molecule has 3 rings (SSSR count). The van der Waals surface area contributed by atoms with Crippen molar-refractivity contribution >= 4 is 22.5 Å². The topological polar surface area (TPSA) is 4.93 Å². The summed E-state index contributed by atoms with van der Waals surface area (Å²) in [6.07, 6.45) is 10.4. The van der Waals surface area contributed by atoms with Gasteiger partial charge in [-0.25, -0.2) is 0 Å². The number of allylic oxidation sites excluding steroid dienone is 2. The number of hydrogen-bond acceptors (Lipinski definition) is 0. The summed E-state index contributed by atoms with van der Waals surface area (Å²) in [7, 11) is 0. The van der Waals surface area contributed by atoms with Gasteiger partial charge in [0.05, 0.1) is 16.6 Å². The van der Waals surface area contributed by atoms with Crippen molar-refractivity contribution in [2.24, 2.45) is 0 Å². The smallest absolute Gasteiger partial charge is 0.0675 e. The Morgan fingerprint density at radius 2 is 2.19 bits per heavy atom. The molecule has 1 aromatic carbocycles. The number of hydrogen-bond donors (Lipinski definition) is 0. The highest BCUT2D eigenvalue weighted by molar-refractivity contribution is 6.35. The second-order valence-electron chi connectivity index (χ2n) is 4.33. The first-order valence-electron chi connectivity index (χ1n) is 5.78. The summed E-state index contributed by atoms with van der Waals surface area (Å²) in [6.45, 7) is 0. The van der Waals surface area contributed by atoms with Gasteiger partial charge in [0, 0.05) is 11.6 Å². The first kappa shape index (κ1) is 9.98. The van der Waals surface area contributed by atoms with Crippen LogP contribution in [0.25, 0.3) is 10.9 Å². The molecule has 2 aromatic rings. The Hall–Kier alpha value is -1.21. The summed E-state index contributed by atoms with van der Waals surface area (Å²) >= 11 is 6.28. The van der Waals surface area contributed by atoms with Gasteiger partial charge in [-0.3, -0.25) is 0 Å². The van der Waals surface area contributed by atoms with E-state index in [1.165, 1.54) is 30.2 Å². The van der Waals surface area contributed by atoms with Crippen LogP contribution < -0.4 is 0 Å². The van der Waals surface area contributed by atoms with E-state index in [4.69, 9.17) is 11.6 Å². The quantitative estimate of drug-likeness (QED) is 0.634. The third-order valence-corrected chi connectivity index (χ3v) is 3.58. The van der Waals surface area contributed by atoms with Crippen LogP contribution in [0.15, 0.2) is 42.6 Å². The normalized spacial score (nSPS) is 20.4. The number of para-hydroxylation sites is 1. The molecule has 1 heterocycles. The lowest BCUT2D eigenvalue weighted by Crippen LogP contribution is -2.07. The Morgan fingerprint density at radius 1 is 1.25 bits per heavy atom. The molecule has 0 N–H and O–H groups in total. The number of fused-ring (bicyclic) bond motifs is 1. The molecule has 82 valence electrons. The molecule has 1 aromatic heterocycles. The molecule has 0 aliphatic heterocycles. The zero-order chi connectivity index (χ0) is 11.0. The fourth-order valence-electron chi connectivity index (χ4n) is 2.48. The molecule has 0 amide bonds. The maximum Gasteiger partial charge on any atom is 0.0675 e. The maximum absolute atomic E-state index is 6.28. The van der Waals surface area contributed by atoms with E-state index in [-0.39, 0.29) is 0 Å². The van der Waals surface area contributed by atoms with Crippen molar-refractivity contribution < 1.29 is 0 Å². The molecule has 0 spiro atoms. The van der Waals surface area contributed by atoms with Crippen LogP contribution in [0.5, 0.6) is 0 Å². The molecule has 1 aliphatic carbocycles. The lowest BCUT2D eigenvalue weighted by atomic mass is 10.0. The lowest BCUT2D eigenvalue weighted by Gasteiger charge is -2.19. The molecule has 1 atom stereocenters. The van der Waals surface area contributed by atoms with Gasteiger partial charge in [0.1, 0.15) is 0 Å². The Balaban J connectivity index is 2.16. The Labute approximate surface area is 100 Å². The molecule has 16 heavy (non-hydrogen) atoms. The van der Waals surface area contributed by atoms with Crippen molar-refractivity contribution in [3.05, 3.63) is 47.6 Å². The van der Waals surface area contributed by atoms with E-state index < -0.39 is 0 Å². The van der Waals surface area contributed by atoms with Crippen LogP contribution >= 0.6 is 11.6 Å². The van der Waals surface area contributed by atoms with Crippen LogP contribution in [0.2, 0.25) is 5.02 Å². The molecule has 0 radical (unpaired) electrons. The average molecular weight is 232 g/mol. The van der Waals surface area contributed by atoms with Gasteiger partial charge in [0.25, 0.3) is 0 Å². The van der Waals surface area contributed by atoms with Crippen molar-refractivity contribution in [2.45, 2.75) is 25.3 Å². The minimum absolute atomic E-state index is 0.478. The van der Waals surface area contributed by atoms with Crippen molar-refractivity contribution in [2.75, 3.05) is 0 Å². The van der Waals surface area contributed by atoms with Crippen LogP contribution in [0, 0.1) is 0 Å². The van der Waals surface area contributed by atoms with Gasteiger partial charge in [-0.1, -0.05) is 35.9 Å². The first-order valence-corrected chi connectivity index (χ1v) is 6.16. The second kappa shape index (κ2) is 3.99. The van der Waals surface area contributed by atoms with Crippen LogP contribution in [-0.4, -0.2) is 4.57 Å². The Morgan fingerprint density at radius 3 is 3.00 bits per heavy atom. The van der Waals surface area contributed by atoms with E-state index >= 15 is 0 Å². The van der Waals surface area contributed by atoms with Crippen LogP contribution in [0.3, 0.4) is 0 Å². The van der Waals surface area contributed by atoms with Gasteiger partial charge in [0.15, 0.2) is 0 Å². The highest BCUT2D eigenvalue weighted by Crippen LogP contribution is 2.31. The molecule has 0 bridgehead atoms. The molecule has 0 fully saturated rings. The average Bonchev–Trinajstić information content (AvgIpc) is 2.75. The standard InChI is InChI=1S/C14H14ClN/c15-13-8-4-5-11-9-10-16(14(11)13)12-6-2-1-3-7-12/h2,4-6,8-10,12H,1,3,7H2. The third-order valence-electron chi connectivity index (χ3n) is 3.28. The molecule has 0 saturated carbocycles. The highest BCUT2D eigenvalue weighted by Gasteiger charge is 2.13. The lowest BCUT2D eigenvalue weighted by molar-refractivity contribution is 0.531. The predicted molar refractivity (Wildman–Crippen MR) is 69.0 cm³/mol. The summed E-state index contributed by atoms with van der Waals surface area (Å²) in [4.78, 5) is 0. The van der Waals surface area contributed by atoms with E-state index in [1.807, 2.05) is 12.1 Å². The van der Waals surface area contributed by atoms with Crippen LogP contribution in [0.4, 0.5) is 0 Å². The first-order chi connectivity index (χ1) is 7.86. The molecule has 1 aliphatic rings. The fraction of sp³-hybridized carbons (Fsp3) is 0.286. The summed E-state index contributed by atoms with van der Waals surface area (Å²) < 4.78 is 2.30. The van der Waals surface area contributed by atoms with Crippen LogP contribution in [-0.2, 0) is 0 Å². The number of nitrogens with zero attached hydrogens (tertiary/aromatic N) is 1. The van der Waals surface area contributed by atoms with Crippen molar-refractivity contribution in [1.82, 2.24) is 4.57 Å². The SMILES string of the molecule is Clc1cccc2ccn(C3C=CCCC3)c12. The van der Waals surface area contributed by atoms with Gasteiger partial charge in [-0.15, -0.1) is 0 Å². The van der Waals surface area contributed by atoms with E-state index in [2.05, 4.69) is 35.0 Å². The number of benzene rings is 1. The number of rotatable bonds is 1. The van der Waals surface area contributed by atoms with Crippen molar-refractivity contribution in [1.29, 1.82) is 0 Å². The van der Waals surface area contributed by atoms with Gasteiger partial charge in [-0.2, -0.15) is 0 Å². The Kier molecular flexibility index (Phi) is 2.49. The summed E-state index contributed by atoms with van der Waals surface area (Å²) in [6, 6.07) is 8.71. The van der Waals surface area contributed by atoms with Crippen molar-refractivity contribution in [3.63, 3.8) is 0 Å². The number of halogens is 1.